The Balaban J connectivity index is 1.82. The van der Waals surface area contributed by atoms with Crippen molar-refractivity contribution < 1.29 is 9.59 Å². The van der Waals surface area contributed by atoms with E-state index in [1.54, 1.807) is 25.2 Å². The highest BCUT2D eigenvalue weighted by atomic mass is 32.1. The Bertz CT molecular complexity index is 679. The van der Waals surface area contributed by atoms with Crippen molar-refractivity contribution in [2.45, 2.75) is 18.9 Å². The van der Waals surface area contributed by atoms with E-state index in [0.717, 1.165) is 29.3 Å². The fraction of sp³-hybridized carbons (Fsp3) is 0.400. The van der Waals surface area contributed by atoms with Crippen molar-refractivity contribution in [2.75, 3.05) is 20.6 Å². The summed E-state index contributed by atoms with van der Waals surface area (Å²) in [6.07, 6.45) is 3.49. The largest absolute Gasteiger partial charge is 0.344 e. The molecule has 0 N–H and O–H groups in total. The quantitative estimate of drug-likeness (QED) is 0.867. The Morgan fingerprint density at radius 1 is 1.36 bits per heavy atom. The minimum absolute atomic E-state index is 0.0108. The van der Waals surface area contributed by atoms with Crippen LogP contribution in [0.1, 0.15) is 43.2 Å². The molecule has 1 aliphatic heterocycles. The van der Waals surface area contributed by atoms with E-state index < -0.39 is 0 Å². The second kappa shape index (κ2) is 6.18. The SMILES string of the molecule is CN(C)C(=O)c1cnc([C@H]2CCCN2C(=O)c2cccs2)s1. The van der Waals surface area contributed by atoms with Crippen LogP contribution in [-0.4, -0.2) is 47.2 Å². The van der Waals surface area contributed by atoms with Crippen LogP contribution in [0.25, 0.3) is 0 Å². The Morgan fingerprint density at radius 3 is 2.86 bits per heavy atom. The van der Waals surface area contributed by atoms with E-state index in [1.165, 1.54) is 22.7 Å². The molecule has 116 valence electrons. The lowest BCUT2D eigenvalue weighted by Crippen LogP contribution is -2.29. The molecule has 0 aliphatic carbocycles. The van der Waals surface area contributed by atoms with E-state index >= 15 is 0 Å². The topological polar surface area (TPSA) is 53.5 Å². The first-order valence-electron chi connectivity index (χ1n) is 7.10. The van der Waals surface area contributed by atoms with Crippen LogP contribution >= 0.6 is 22.7 Å². The van der Waals surface area contributed by atoms with Gasteiger partial charge >= 0.3 is 0 Å². The monoisotopic (exact) mass is 335 g/mol. The van der Waals surface area contributed by atoms with E-state index in [9.17, 15) is 9.59 Å². The number of rotatable bonds is 3. The number of hydrogen-bond acceptors (Lipinski definition) is 5. The fourth-order valence-electron chi connectivity index (χ4n) is 2.57. The minimum Gasteiger partial charge on any atom is -0.344 e. The smallest absolute Gasteiger partial charge is 0.265 e. The third kappa shape index (κ3) is 2.78. The zero-order valence-electron chi connectivity index (χ0n) is 12.5. The number of carbonyl (C=O) groups excluding carboxylic acids is 2. The molecule has 0 spiro atoms. The minimum atomic E-state index is -0.0436. The van der Waals surface area contributed by atoms with Gasteiger partial charge in [0.05, 0.1) is 17.1 Å². The standard InChI is InChI=1S/C15H17N3O2S2/c1-17(2)14(19)12-9-16-13(22-12)10-5-3-7-18(10)15(20)11-6-4-8-21-11/h4,6,8-10H,3,5,7H2,1-2H3/t10-/m1/s1. The van der Waals surface area contributed by atoms with E-state index in [1.807, 2.05) is 22.4 Å². The van der Waals surface area contributed by atoms with E-state index in [4.69, 9.17) is 0 Å². The number of carbonyl (C=O) groups is 2. The summed E-state index contributed by atoms with van der Waals surface area (Å²) in [4.78, 5) is 33.8. The first kappa shape index (κ1) is 15.2. The molecule has 3 rings (SSSR count). The van der Waals surface area contributed by atoms with Crippen molar-refractivity contribution in [3.8, 4) is 0 Å². The lowest BCUT2D eigenvalue weighted by Gasteiger charge is -2.22. The first-order chi connectivity index (χ1) is 10.6. The van der Waals surface area contributed by atoms with E-state index in [-0.39, 0.29) is 17.9 Å². The molecule has 3 heterocycles. The van der Waals surface area contributed by atoms with Gasteiger partial charge in [-0.2, -0.15) is 0 Å². The lowest BCUT2D eigenvalue weighted by molar-refractivity contribution is 0.0740. The van der Waals surface area contributed by atoms with Crippen LogP contribution in [0.3, 0.4) is 0 Å². The van der Waals surface area contributed by atoms with Crippen LogP contribution in [0.4, 0.5) is 0 Å². The molecule has 1 atom stereocenters. The molecule has 7 heteroatoms. The second-order valence-electron chi connectivity index (χ2n) is 5.40. The summed E-state index contributed by atoms with van der Waals surface area (Å²) in [6.45, 7) is 0.748. The third-order valence-corrected chi connectivity index (χ3v) is 5.62. The van der Waals surface area contributed by atoms with Gasteiger partial charge in [-0.25, -0.2) is 4.98 Å². The number of nitrogens with zero attached hydrogens (tertiary/aromatic N) is 3. The molecule has 0 bridgehead atoms. The average Bonchev–Trinajstić information content (AvgIpc) is 3.24. The van der Waals surface area contributed by atoms with Crippen molar-refractivity contribution in [1.82, 2.24) is 14.8 Å². The first-order valence-corrected chi connectivity index (χ1v) is 8.79. The summed E-state index contributed by atoms with van der Waals surface area (Å²) in [7, 11) is 3.45. The van der Waals surface area contributed by atoms with Crippen LogP contribution in [0.5, 0.6) is 0 Å². The molecule has 1 aliphatic rings. The van der Waals surface area contributed by atoms with Gasteiger partial charge in [-0.3, -0.25) is 9.59 Å². The molecular weight excluding hydrogens is 318 g/mol. The molecule has 2 amide bonds. The van der Waals surface area contributed by atoms with Gasteiger partial charge in [-0.05, 0) is 24.3 Å². The van der Waals surface area contributed by atoms with Gasteiger partial charge in [-0.1, -0.05) is 6.07 Å². The van der Waals surface area contributed by atoms with Crippen molar-refractivity contribution >= 4 is 34.5 Å². The van der Waals surface area contributed by atoms with Crippen LogP contribution in [0, 0.1) is 0 Å². The fourth-order valence-corrected chi connectivity index (χ4v) is 4.34. The van der Waals surface area contributed by atoms with Crippen molar-refractivity contribution in [1.29, 1.82) is 0 Å². The van der Waals surface area contributed by atoms with Crippen LogP contribution in [0.2, 0.25) is 0 Å². The van der Waals surface area contributed by atoms with Gasteiger partial charge < -0.3 is 9.80 Å². The zero-order chi connectivity index (χ0) is 15.7. The average molecular weight is 335 g/mol. The van der Waals surface area contributed by atoms with Crippen LogP contribution in [-0.2, 0) is 0 Å². The van der Waals surface area contributed by atoms with Crippen molar-refractivity contribution in [3.05, 3.63) is 38.5 Å². The number of aromatic nitrogens is 1. The summed E-state index contributed by atoms with van der Waals surface area (Å²) in [5.41, 5.74) is 0. The van der Waals surface area contributed by atoms with Gasteiger partial charge in [0.2, 0.25) is 0 Å². The Labute approximate surface area is 137 Å². The Kier molecular flexibility index (Phi) is 4.26. The molecule has 2 aromatic rings. The van der Waals surface area contributed by atoms with Gasteiger partial charge in [0, 0.05) is 20.6 Å². The maximum Gasteiger partial charge on any atom is 0.265 e. The van der Waals surface area contributed by atoms with Crippen molar-refractivity contribution in [3.63, 3.8) is 0 Å². The molecular formula is C15H17N3O2S2. The second-order valence-corrected chi connectivity index (χ2v) is 7.41. The van der Waals surface area contributed by atoms with Crippen molar-refractivity contribution in [2.24, 2.45) is 0 Å². The summed E-state index contributed by atoms with van der Waals surface area (Å²) in [5, 5.41) is 2.77. The maximum atomic E-state index is 12.6. The molecule has 0 unspecified atom stereocenters. The third-order valence-electron chi connectivity index (χ3n) is 3.67. The number of likely N-dealkylation sites (tertiary alicyclic amines) is 1. The normalized spacial score (nSPS) is 17.7. The summed E-state index contributed by atoms with van der Waals surface area (Å²) in [6, 6.07) is 3.73. The van der Waals surface area contributed by atoms with Gasteiger partial charge in [0.15, 0.2) is 0 Å². The molecule has 1 fully saturated rings. The molecule has 22 heavy (non-hydrogen) atoms. The Hall–Kier alpha value is -1.73. The predicted molar refractivity (Wildman–Crippen MR) is 87.5 cm³/mol. The summed E-state index contributed by atoms with van der Waals surface area (Å²) in [5.74, 6) is 0.0195. The molecule has 2 aromatic heterocycles. The lowest BCUT2D eigenvalue weighted by atomic mass is 10.2. The van der Waals surface area contributed by atoms with Gasteiger partial charge in [0.25, 0.3) is 11.8 Å². The van der Waals surface area contributed by atoms with Gasteiger partial charge in [0.1, 0.15) is 9.88 Å². The predicted octanol–water partition coefficient (Wildman–Crippen LogP) is 2.88. The van der Waals surface area contributed by atoms with E-state index in [0.29, 0.717) is 4.88 Å². The maximum absolute atomic E-state index is 12.6. The highest BCUT2D eigenvalue weighted by molar-refractivity contribution is 7.13. The number of hydrogen-bond donors (Lipinski definition) is 0. The molecule has 0 saturated carbocycles. The highest BCUT2D eigenvalue weighted by Gasteiger charge is 2.33. The summed E-state index contributed by atoms with van der Waals surface area (Å²) < 4.78 is 0. The van der Waals surface area contributed by atoms with Crippen LogP contribution < -0.4 is 0 Å². The zero-order valence-corrected chi connectivity index (χ0v) is 14.1. The van der Waals surface area contributed by atoms with E-state index in [2.05, 4.69) is 4.98 Å². The number of amides is 2. The molecule has 1 saturated heterocycles. The number of thiophene rings is 1. The summed E-state index contributed by atoms with van der Waals surface area (Å²) >= 11 is 2.85. The number of thiazole rings is 1. The Morgan fingerprint density at radius 2 is 2.18 bits per heavy atom. The van der Waals surface area contributed by atoms with Gasteiger partial charge in [-0.15, -0.1) is 22.7 Å². The molecule has 0 radical (unpaired) electrons. The highest BCUT2D eigenvalue weighted by Crippen LogP contribution is 2.35. The molecule has 5 nitrogen and oxygen atoms in total. The van der Waals surface area contributed by atoms with Crippen LogP contribution in [0.15, 0.2) is 23.7 Å². The molecule has 0 aromatic carbocycles.